The highest BCUT2D eigenvalue weighted by atomic mass is 32.1. The van der Waals surface area contributed by atoms with E-state index < -0.39 is 0 Å². The molecule has 0 unspecified atom stereocenters. The van der Waals surface area contributed by atoms with Gasteiger partial charge in [-0.25, -0.2) is 0 Å². The largest absolute Gasteiger partial charge is 0.497 e. The smallest absolute Gasteiger partial charge is 0.223 e. The fourth-order valence-electron chi connectivity index (χ4n) is 2.98. The van der Waals surface area contributed by atoms with Gasteiger partial charge in [-0.1, -0.05) is 25.8 Å². The van der Waals surface area contributed by atoms with Gasteiger partial charge in [0.25, 0.3) is 0 Å². The van der Waals surface area contributed by atoms with Crippen LogP contribution in [0.4, 0.5) is 5.69 Å². The SMILES string of the molecule is CCCCCNC(=O)C1CCN(C(=S)Nc2cccc(OC)c2)CC1. The Kier molecular flexibility index (Phi) is 7.98. The average molecular weight is 364 g/mol. The summed E-state index contributed by atoms with van der Waals surface area (Å²) in [5.74, 6) is 1.10. The maximum Gasteiger partial charge on any atom is 0.223 e. The molecule has 2 N–H and O–H groups in total. The second-order valence-corrected chi connectivity index (χ2v) is 6.81. The molecule has 1 heterocycles. The fourth-order valence-corrected chi connectivity index (χ4v) is 3.28. The van der Waals surface area contributed by atoms with Gasteiger partial charge in [-0.2, -0.15) is 0 Å². The molecule has 25 heavy (non-hydrogen) atoms. The minimum Gasteiger partial charge on any atom is -0.497 e. The van der Waals surface area contributed by atoms with Crippen molar-refractivity contribution >= 4 is 28.9 Å². The number of hydrogen-bond donors (Lipinski definition) is 2. The average Bonchev–Trinajstić information content (AvgIpc) is 2.65. The standard InChI is InChI=1S/C19H29N3O2S/c1-3-4-5-11-20-18(23)15-9-12-22(13-10-15)19(25)21-16-7-6-8-17(14-16)24-2/h6-8,14-15H,3-5,9-13H2,1-2H3,(H,20,23)(H,21,25). The van der Waals surface area contributed by atoms with Crippen LogP contribution >= 0.6 is 12.2 Å². The zero-order chi connectivity index (χ0) is 18.1. The number of ether oxygens (including phenoxy) is 1. The van der Waals surface area contributed by atoms with Gasteiger partial charge in [-0.15, -0.1) is 0 Å². The number of anilines is 1. The highest BCUT2D eigenvalue weighted by Crippen LogP contribution is 2.20. The lowest BCUT2D eigenvalue weighted by molar-refractivity contribution is -0.126. The summed E-state index contributed by atoms with van der Waals surface area (Å²) in [6, 6.07) is 7.71. The van der Waals surface area contributed by atoms with E-state index in [1.807, 2.05) is 24.3 Å². The number of hydrogen-bond acceptors (Lipinski definition) is 3. The van der Waals surface area contributed by atoms with Crippen LogP contribution in [0.3, 0.4) is 0 Å². The first kappa shape index (κ1) is 19.5. The van der Waals surface area contributed by atoms with Crippen LogP contribution in [0.1, 0.15) is 39.0 Å². The lowest BCUT2D eigenvalue weighted by Crippen LogP contribution is -2.44. The number of unbranched alkanes of at least 4 members (excludes halogenated alkanes) is 2. The van der Waals surface area contributed by atoms with Crippen LogP contribution in [0.5, 0.6) is 5.75 Å². The minimum atomic E-state index is 0.109. The third-order valence-corrected chi connectivity index (χ3v) is 4.91. The molecule has 6 heteroatoms. The molecule has 0 spiro atoms. The Morgan fingerprint density at radius 1 is 1.32 bits per heavy atom. The summed E-state index contributed by atoms with van der Waals surface area (Å²) < 4.78 is 5.23. The summed E-state index contributed by atoms with van der Waals surface area (Å²) >= 11 is 5.51. The van der Waals surface area contributed by atoms with E-state index in [4.69, 9.17) is 17.0 Å². The molecule has 1 aromatic rings. The molecule has 5 nitrogen and oxygen atoms in total. The number of carbonyl (C=O) groups is 1. The molecule has 0 aromatic heterocycles. The van der Waals surface area contributed by atoms with Gasteiger partial charge < -0.3 is 20.3 Å². The van der Waals surface area contributed by atoms with Crippen LogP contribution < -0.4 is 15.4 Å². The third-order valence-electron chi connectivity index (χ3n) is 4.55. The van der Waals surface area contributed by atoms with E-state index in [9.17, 15) is 4.79 Å². The fraction of sp³-hybridized carbons (Fsp3) is 0.579. The van der Waals surface area contributed by atoms with Crippen molar-refractivity contribution in [2.24, 2.45) is 5.92 Å². The monoisotopic (exact) mass is 363 g/mol. The molecule has 138 valence electrons. The number of rotatable bonds is 7. The van der Waals surface area contributed by atoms with Gasteiger partial charge in [0.2, 0.25) is 5.91 Å². The van der Waals surface area contributed by atoms with Gasteiger partial charge in [0, 0.05) is 37.3 Å². The van der Waals surface area contributed by atoms with Gasteiger partial charge in [0.1, 0.15) is 5.75 Å². The topological polar surface area (TPSA) is 53.6 Å². The number of nitrogens with zero attached hydrogens (tertiary/aromatic N) is 1. The summed E-state index contributed by atoms with van der Waals surface area (Å²) in [7, 11) is 1.65. The number of likely N-dealkylation sites (tertiary alicyclic amines) is 1. The Morgan fingerprint density at radius 3 is 2.76 bits per heavy atom. The van der Waals surface area contributed by atoms with Crippen molar-refractivity contribution in [2.75, 3.05) is 32.1 Å². The van der Waals surface area contributed by atoms with Crippen LogP contribution in [0.15, 0.2) is 24.3 Å². The van der Waals surface area contributed by atoms with Gasteiger partial charge in [0.05, 0.1) is 7.11 Å². The summed E-state index contributed by atoms with van der Waals surface area (Å²) in [5, 5.41) is 7.02. The van der Waals surface area contributed by atoms with E-state index in [-0.39, 0.29) is 11.8 Å². The first-order valence-electron chi connectivity index (χ1n) is 9.11. The molecule has 1 fully saturated rings. The molecular weight excluding hydrogens is 334 g/mol. The summed E-state index contributed by atoms with van der Waals surface area (Å²) in [4.78, 5) is 14.3. The molecule has 1 aromatic carbocycles. The Hall–Kier alpha value is -1.82. The predicted molar refractivity (Wildman–Crippen MR) is 106 cm³/mol. The molecule has 2 rings (SSSR count). The van der Waals surface area contributed by atoms with Crippen LogP contribution in [-0.2, 0) is 4.79 Å². The summed E-state index contributed by atoms with van der Waals surface area (Å²) in [6.45, 7) is 4.58. The highest BCUT2D eigenvalue weighted by Gasteiger charge is 2.25. The van der Waals surface area contributed by atoms with Crippen molar-refractivity contribution in [3.63, 3.8) is 0 Å². The molecule has 0 atom stereocenters. The lowest BCUT2D eigenvalue weighted by atomic mass is 9.96. The number of piperidine rings is 1. The molecule has 1 amide bonds. The van der Waals surface area contributed by atoms with Crippen molar-refractivity contribution in [1.82, 2.24) is 10.2 Å². The number of benzene rings is 1. The van der Waals surface area contributed by atoms with Gasteiger partial charge in [-0.3, -0.25) is 4.79 Å². The first-order valence-corrected chi connectivity index (χ1v) is 9.52. The maximum absolute atomic E-state index is 12.2. The van der Waals surface area contributed by atoms with Crippen LogP contribution in [0.25, 0.3) is 0 Å². The number of carbonyl (C=O) groups excluding carboxylic acids is 1. The van der Waals surface area contributed by atoms with Crippen molar-refractivity contribution < 1.29 is 9.53 Å². The first-order chi connectivity index (χ1) is 12.1. The Morgan fingerprint density at radius 2 is 2.08 bits per heavy atom. The zero-order valence-corrected chi connectivity index (χ0v) is 16.0. The third kappa shape index (κ3) is 6.20. The highest BCUT2D eigenvalue weighted by molar-refractivity contribution is 7.80. The molecule has 0 bridgehead atoms. The Labute approximate surface area is 156 Å². The minimum absolute atomic E-state index is 0.109. The van der Waals surface area contributed by atoms with E-state index in [0.717, 1.165) is 50.3 Å². The number of amides is 1. The van der Waals surface area contributed by atoms with Crippen molar-refractivity contribution in [3.8, 4) is 5.75 Å². The van der Waals surface area contributed by atoms with Gasteiger partial charge in [-0.05, 0) is 43.6 Å². The van der Waals surface area contributed by atoms with E-state index in [1.54, 1.807) is 7.11 Å². The molecule has 0 saturated carbocycles. The molecule has 1 aliphatic heterocycles. The summed E-state index contributed by atoms with van der Waals surface area (Å²) in [5.41, 5.74) is 0.917. The van der Waals surface area contributed by atoms with Crippen molar-refractivity contribution in [2.45, 2.75) is 39.0 Å². The maximum atomic E-state index is 12.2. The molecule has 0 radical (unpaired) electrons. The summed E-state index contributed by atoms with van der Waals surface area (Å²) in [6.07, 6.45) is 5.10. The molecule has 0 aliphatic carbocycles. The second kappa shape index (κ2) is 10.2. The van der Waals surface area contributed by atoms with Crippen LogP contribution in [0.2, 0.25) is 0 Å². The number of nitrogens with one attached hydrogen (secondary N) is 2. The lowest BCUT2D eigenvalue weighted by Gasteiger charge is -2.33. The predicted octanol–water partition coefficient (Wildman–Crippen LogP) is 3.41. The molecule has 1 saturated heterocycles. The quantitative estimate of drug-likeness (QED) is 0.574. The van der Waals surface area contributed by atoms with E-state index in [2.05, 4.69) is 22.5 Å². The normalized spacial score (nSPS) is 14.9. The van der Waals surface area contributed by atoms with E-state index >= 15 is 0 Å². The second-order valence-electron chi connectivity index (χ2n) is 6.42. The number of thiocarbonyl (C=S) groups is 1. The molecule has 1 aliphatic rings. The van der Waals surface area contributed by atoms with Gasteiger partial charge in [0.15, 0.2) is 5.11 Å². The van der Waals surface area contributed by atoms with Crippen molar-refractivity contribution in [3.05, 3.63) is 24.3 Å². The zero-order valence-electron chi connectivity index (χ0n) is 15.2. The molecular formula is C19H29N3O2S. The van der Waals surface area contributed by atoms with E-state index in [0.29, 0.717) is 5.11 Å². The Balaban J connectivity index is 1.75. The van der Waals surface area contributed by atoms with Gasteiger partial charge >= 0.3 is 0 Å². The van der Waals surface area contributed by atoms with Crippen LogP contribution in [0, 0.1) is 5.92 Å². The van der Waals surface area contributed by atoms with Crippen LogP contribution in [-0.4, -0.2) is 42.7 Å². The van der Waals surface area contributed by atoms with E-state index in [1.165, 1.54) is 12.8 Å². The van der Waals surface area contributed by atoms with Crippen molar-refractivity contribution in [1.29, 1.82) is 0 Å². The Bertz CT molecular complexity index is 572. The number of methoxy groups -OCH3 is 1.